The van der Waals surface area contributed by atoms with Crippen LogP contribution in [-0.4, -0.2) is 31.9 Å². The molecule has 0 aromatic rings. The average molecular weight is 368 g/mol. The van der Waals surface area contributed by atoms with E-state index in [0.29, 0.717) is 13.2 Å². The van der Waals surface area contributed by atoms with Crippen LogP contribution in [0.4, 0.5) is 0 Å². The minimum Gasteiger partial charge on any atom is -0.534 e. The minimum atomic E-state index is -0.272. The van der Waals surface area contributed by atoms with E-state index in [9.17, 15) is 0 Å². The number of nitrogens with two attached hydrogens (primary N) is 1. The Labute approximate surface area is 154 Å². The quantitative estimate of drug-likeness (QED) is 0.294. The van der Waals surface area contributed by atoms with Gasteiger partial charge in [-0.1, -0.05) is 43.4 Å². The van der Waals surface area contributed by atoms with Crippen LogP contribution in [0.15, 0.2) is 37.0 Å². The maximum atomic E-state index is 6.27. The third kappa shape index (κ3) is 11.4. The molecule has 0 aromatic heterocycles. The monoisotopic (exact) mass is 368 g/mol. The van der Waals surface area contributed by atoms with E-state index in [0.717, 1.165) is 45.3 Å². The molecule has 1 rings (SSSR count). The molecule has 1 heterocycles. The van der Waals surface area contributed by atoms with Crippen LogP contribution in [0.25, 0.3) is 5.48 Å². The molecule has 2 N–H and O–H groups in total. The molecule has 0 amide bonds. The molecule has 1 fully saturated rings. The normalized spacial score (nSPS) is 23.1. The number of hydrogen-bond donors (Lipinski definition) is 1. The van der Waals surface area contributed by atoms with Gasteiger partial charge in [0.1, 0.15) is 0 Å². The fourth-order valence-electron chi connectivity index (χ4n) is 2.01. The maximum absolute atomic E-state index is 6.27. The van der Waals surface area contributed by atoms with Crippen molar-refractivity contribution in [3.05, 3.63) is 42.4 Å². The van der Waals surface area contributed by atoms with Crippen LogP contribution in [0.5, 0.6) is 0 Å². The van der Waals surface area contributed by atoms with E-state index in [1.54, 1.807) is 6.08 Å². The Kier molecular flexibility index (Phi) is 13.9. The molecular formula is C16H27N2O2Y-. The van der Waals surface area contributed by atoms with Gasteiger partial charge in [-0.2, -0.15) is 0 Å². The summed E-state index contributed by atoms with van der Waals surface area (Å²) in [6.45, 7) is 6.31. The predicted molar refractivity (Wildman–Crippen MR) is 83.5 cm³/mol. The summed E-state index contributed by atoms with van der Waals surface area (Å²) in [7, 11) is 0. The molecule has 0 aliphatic carbocycles. The first kappa shape index (κ1) is 21.2. The summed E-state index contributed by atoms with van der Waals surface area (Å²) < 4.78 is 5.40. The molecule has 1 atom stereocenters. The van der Waals surface area contributed by atoms with Gasteiger partial charge < -0.3 is 20.8 Å². The number of ether oxygens (including phenoxy) is 1. The third-order valence-corrected chi connectivity index (χ3v) is 3.25. The van der Waals surface area contributed by atoms with Crippen LogP contribution in [0.3, 0.4) is 0 Å². The van der Waals surface area contributed by atoms with Crippen molar-refractivity contribution in [1.29, 1.82) is 0 Å². The summed E-state index contributed by atoms with van der Waals surface area (Å²) in [5, 5.41) is 0. The van der Waals surface area contributed by atoms with Crippen molar-refractivity contribution in [3.8, 4) is 0 Å². The molecule has 4 nitrogen and oxygen atoms in total. The Morgan fingerprint density at radius 3 is 2.90 bits per heavy atom. The molecule has 21 heavy (non-hydrogen) atoms. The van der Waals surface area contributed by atoms with Crippen molar-refractivity contribution in [2.45, 2.75) is 37.6 Å². The molecule has 1 aliphatic rings. The zero-order chi connectivity index (χ0) is 14.5. The number of allylic oxidation sites excluding steroid dienone is 4. The van der Waals surface area contributed by atoms with Gasteiger partial charge >= 0.3 is 0 Å². The minimum absolute atomic E-state index is 0. The fourth-order valence-corrected chi connectivity index (χ4v) is 2.01. The van der Waals surface area contributed by atoms with E-state index < -0.39 is 0 Å². The van der Waals surface area contributed by atoms with Crippen LogP contribution in [0, 0.1) is 0 Å². The first-order valence-corrected chi connectivity index (χ1v) is 7.35. The Morgan fingerprint density at radius 2 is 2.10 bits per heavy atom. The Bertz CT molecular complexity index is 311. The van der Waals surface area contributed by atoms with Gasteiger partial charge in [0, 0.05) is 58.1 Å². The molecule has 0 saturated carbocycles. The van der Waals surface area contributed by atoms with E-state index in [4.69, 9.17) is 15.3 Å². The Morgan fingerprint density at radius 1 is 1.24 bits per heavy atom. The summed E-state index contributed by atoms with van der Waals surface area (Å²) in [5.41, 5.74) is 10.1. The van der Waals surface area contributed by atoms with Crippen molar-refractivity contribution in [2.75, 3.05) is 26.4 Å². The van der Waals surface area contributed by atoms with Crippen LogP contribution < -0.4 is 5.73 Å². The van der Waals surface area contributed by atoms with Gasteiger partial charge in [0.15, 0.2) is 0 Å². The second kappa shape index (κ2) is 13.8. The smallest absolute Gasteiger partial charge is 0.0484 e. The van der Waals surface area contributed by atoms with Gasteiger partial charge in [0.25, 0.3) is 0 Å². The number of hydroxylamine groups is 1. The summed E-state index contributed by atoms with van der Waals surface area (Å²) in [6, 6.07) is 0. The van der Waals surface area contributed by atoms with Gasteiger partial charge in [0.2, 0.25) is 0 Å². The van der Waals surface area contributed by atoms with E-state index >= 15 is 0 Å². The molecule has 1 unspecified atom stereocenters. The fraction of sp³-hybridized carbons (Fsp3) is 0.625. The summed E-state index contributed by atoms with van der Waals surface area (Å²) in [5.74, 6) is 0. The number of nitrogens with zero attached hydrogens (tertiary/aromatic N) is 1. The molecule has 0 spiro atoms. The van der Waals surface area contributed by atoms with E-state index in [2.05, 4.69) is 30.3 Å². The molecule has 117 valence electrons. The SMILES string of the molecule is C=C/C=C\C/C=C\CC[N-]OCC1(N)CCCOCC1.[Y]. The van der Waals surface area contributed by atoms with Gasteiger partial charge in [-0.05, 0) is 25.7 Å². The van der Waals surface area contributed by atoms with E-state index in [1.807, 2.05) is 6.08 Å². The van der Waals surface area contributed by atoms with Gasteiger partial charge in [-0.25, -0.2) is 0 Å². The second-order valence-electron chi connectivity index (χ2n) is 5.11. The van der Waals surface area contributed by atoms with E-state index in [1.165, 1.54) is 0 Å². The van der Waals surface area contributed by atoms with Crippen LogP contribution in [0.2, 0.25) is 0 Å². The average Bonchev–Trinajstić information content (AvgIpc) is 2.66. The van der Waals surface area contributed by atoms with Crippen molar-refractivity contribution in [2.24, 2.45) is 5.73 Å². The van der Waals surface area contributed by atoms with Crippen LogP contribution >= 0.6 is 0 Å². The standard InChI is InChI=1S/C16H27N2O2.Y/c1-2-3-4-5-6-7-8-12-18-20-15-16(17)10-9-13-19-14-11-16;/h2-4,6-7H,1,5,8-15,17H2;/q-1;/b4-3-,7-6-;. The number of hydrogen-bond acceptors (Lipinski definition) is 3. The van der Waals surface area contributed by atoms with Crippen LogP contribution in [0.1, 0.15) is 32.1 Å². The molecule has 5 heteroatoms. The molecule has 1 aliphatic heterocycles. The van der Waals surface area contributed by atoms with Crippen molar-refractivity contribution in [1.82, 2.24) is 0 Å². The first-order chi connectivity index (χ1) is 9.77. The molecule has 1 saturated heterocycles. The van der Waals surface area contributed by atoms with Crippen molar-refractivity contribution < 1.29 is 42.3 Å². The Balaban J connectivity index is 0.00000400. The van der Waals surface area contributed by atoms with Crippen molar-refractivity contribution in [3.63, 3.8) is 0 Å². The summed E-state index contributed by atoms with van der Waals surface area (Å²) in [4.78, 5) is 5.36. The molecule has 1 radical (unpaired) electrons. The van der Waals surface area contributed by atoms with E-state index in [-0.39, 0.29) is 38.2 Å². The van der Waals surface area contributed by atoms with Gasteiger partial charge in [-0.15, -0.1) is 6.54 Å². The second-order valence-corrected chi connectivity index (χ2v) is 5.11. The molecular weight excluding hydrogens is 341 g/mol. The zero-order valence-electron chi connectivity index (χ0n) is 12.9. The summed E-state index contributed by atoms with van der Waals surface area (Å²) >= 11 is 0. The van der Waals surface area contributed by atoms with Gasteiger partial charge in [0.05, 0.1) is 0 Å². The molecule has 0 aromatic carbocycles. The largest absolute Gasteiger partial charge is 0.534 e. The van der Waals surface area contributed by atoms with Crippen molar-refractivity contribution >= 4 is 0 Å². The topological polar surface area (TPSA) is 58.6 Å². The maximum Gasteiger partial charge on any atom is 0.0484 e. The molecule has 0 bridgehead atoms. The zero-order valence-corrected chi connectivity index (χ0v) is 15.7. The third-order valence-electron chi connectivity index (χ3n) is 3.25. The Hall–Kier alpha value is 0.164. The van der Waals surface area contributed by atoms with Crippen LogP contribution in [-0.2, 0) is 42.3 Å². The summed E-state index contributed by atoms with van der Waals surface area (Å²) in [6.07, 6.45) is 14.6. The number of rotatable bonds is 9. The first-order valence-electron chi connectivity index (χ1n) is 7.35. The van der Waals surface area contributed by atoms with Gasteiger partial charge in [-0.3, -0.25) is 0 Å². The predicted octanol–water partition coefficient (Wildman–Crippen LogP) is 3.27.